The fourth-order valence-electron chi connectivity index (χ4n) is 5.86. The number of allylic oxidation sites excluding steroid dienone is 1. The van der Waals surface area contributed by atoms with Gasteiger partial charge >= 0.3 is 0 Å². The molecule has 1 amide bonds. The first-order valence-corrected chi connectivity index (χ1v) is 15.5. The summed E-state index contributed by atoms with van der Waals surface area (Å²) in [6.45, 7) is 10.3. The predicted molar refractivity (Wildman–Crippen MR) is 156 cm³/mol. The van der Waals surface area contributed by atoms with Crippen molar-refractivity contribution in [3.05, 3.63) is 82.4 Å². The highest BCUT2D eigenvalue weighted by Gasteiger charge is 2.52. The maximum Gasteiger partial charge on any atom is 0.229 e. The van der Waals surface area contributed by atoms with Crippen molar-refractivity contribution >= 4 is 39.1 Å². The van der Waals surface area contributed by atoms with Crippen molar-refractivity contribution in [2.45, 2.75) is 69.7 Å². The first-order valence-electron chi connectivity index (χ1n) is 13.3. The van der Waals surface area contributed by atoms with Gasteiger partial charge in [-0.2, -0.15) is 0 Å². The van der Waals surface area contributed by atoms with Gasteiger partial charge in [-0.05, 0) is 67.0 Å². The highest BCUT2D eigenvalue weighted by Crippen LogP contribution is 2.52. The van der Waals surface area contributed by atoms with Crippen molar-refractivity contribution in [3.63, 3.8) is 0 Å². The molecule has 0 aromatic heterocycles. The zero-order valence-corrected chi connectivity index (χ0v) is 24.9. The van der Waals surface area contributed by atoms with Crippen LogP contribution in [0.4, 0.5) is 0 Å². The SMILES string of the molecule is C=CC[C@@]1(C)CC(c2cccc(Cl)c2)[C@@H](c2ccc(Cl)cc2)N([C@H](CN(C)S(=O)(=O)C2CC2)C(C)C)C1=O. The Morgan fingerprint density at radius 1 is 1.11 bits per heavy atom. The van der Waals surface area contributed by atoms with E-state index in [1.54, 1.807) is 7.05 Å². The molecule has 1 heterocycles. The lowest BCUT2D eigenvalue weighted by atomic mass is 9.66. The number of likely N-dealkylation sites (N-methyl/N-ethyl adjacent to an activating group) is 1. The molecule has 2 aliphatic rings. The number of halogens is 2. The topological polar surface area (TPSA) is 57.7 Å². The van der Waals surface area contributed by atoms with Crippen LogP contribution in [0.1, 0.15) is 69.5 Å². The smallest absolute Gasteiger partial charge is 0.229 e. The fourth-order valence-corrected chi connectivity index (χ4v) is 7.79. The summed E-state index contributed by atoms with van der Waals surface area (Å²) in [7, 11) is -1.76. The van der Waals surface area contributed by atoms with Crippen LogP contribution in [0, 0.1) is 11.3 Å². The Hall–Kier alpha value is -1.86. The molecule has 0 N–H and O–H groups in total. The Labute approximate surface area is 237 Å². The molecule has 0 spiro atoms. The molecule has 4 rings (SSSR count). The minimum atomic E-state index is -3.40. The van der Waals surface area contributed by atoms with E-state index < -0.39 is 15.4 Å². The lowest BCUT2D eigenvalue weighted by Gasteiger charge is -2.53. The van der Waals surface area contributed by atoms with Crippen molar-refractivity contribution in [1.82, 2.24) is 9.21 Å². The zero-order chi connectivity index (χ0) is 27.8. The number of benzene rings is 2. The van der Waals surface area contributed by atoms with Crippen LogP contribution in [0.15, 0.2) is 61.2 Å². The summed E-state index contributed by atoms with van der Waals surface area (Å²) < 4.78 is 27.7. The number of carbonyl (C=O) groups excluding carboxylic acids is 1. The van der Waals surface area contributed by atoms with Gasteiger partial charge in [0.15, 0.2) is 0 Å². The van der Waals surface area contributed by atoms with Gasteiger partial charge in [0.05, 0.1) is 16.7 Å². The summed E-state index contributed by atoms with van der Waals surface area (Å²) in [6, 6.07) is 14.8. The van der Waals surface area contributed by atoms with Gasteiger partial charge in [0.2, 0.25) is 15.9 Å². The Morgan fingerprint density at radius 3 is 2.32 bits per heavy atom. The van der Waals surface area contributed by atoms with E-state index in [4.69, 9.17) is 23.2 Å². The third kappa shape index (κ3) is 5.84. The maximum absolute atomic E-state index is 14.5. The number of sulfonamides is 1. The van der Waals surface area contributed by atoms with Gasteiger partial charge in [0, 0.05) is 35.6 Å². The molecular formula is C30H38Cl2N2O3S. The van der Waals surface area contributed by atoms with Crippen LogP contribution in [-0.4, -0.2) is 48.4 Å². The molecule has 1 saturated carbocycles. The van der Waals surface area contributed by atoms with Crippen molar-refractivity contribution in [3.8, 4) is 0 Å². The number of hydrogen-bond acceptors (Lipinski definition) is 3. The second-order valence-electron chi connectivity index (χ2n) is 11.5. The summed E-state index contributed by atoms with van der Waals surface area (Å²) in [4.78, 5) is 16.5. The van der Waals surface area contributed by atoms with Crippen LogP contribution in [0.25, 0.3) is 0 Å². The highest BCUT2D eigenvalue weighted by molar-refractivity contribution is 7.90. The van der Waals surface area contributed by atoms with Crippen LogP contribution in [0.3, 0.4) is 0 Å². The van der Waals surface area contributed by atoms with Gasteiger partial charge in [-0.25, -0.2) is 12.7 Å². The summed E-state index contributed by atoms with van der Waals surface area (Å²) in [5.74, 6) is -0.0348. The molecule has 1 aliphatic heterocycles. The summed E-state index contributed by atoms with van der Waals surface area (Å²) in [6.07, 6.45) is 4.34. The average Bonchev–Trinajstić information content (AvgIpc) is 3.71. The van der Waals surface area contributed by atoms with E-state index in [2.05, 4.69) is 26.5 Å². The molecule has 0 bridgehead atoms. The minimum absolute atomic E-state index is 0.0108. The van der Waals surface area contributed by atoms with Gasteiger partial charge < -0.3 is 4.90 Å². The van der Waals surface area contributed by atoms with Crippen molar-refractivity contribution in [2.75, 3.05) is 13.6 Å². The van der Waals surface area contributed by atoms with Gasteiger partial charge in [0.1, 0.15) is 0 Å². The van der Waals surface area contributed by atoms with E-state index in [0.29, 0.717) is 35.7 Å². The summed E-state index contributed by atoms with van der Waals surface area (Å²) in [5.41, 5.74) is 1.32. The van der Waals surface area contributed by atoms with Crippen LogP contribution in [-0.2, 0) is 14.8 Å². The van der Waals surface area contributed by atoms with Crippen molar-refractivity contribution in [1.29, 1.82) is 0 Å². The minimum Gasteiger partial charge on any atom is -0.330 e. The predicted octanol–water partition coefficient (Wildman–Crippen LogP) is 7.08. The number of amides is 1. The number of likely N-dealkylation sites (tertiary alicyclic amines) is 1. The van der Waals surface area contributed by atoms with Gasteiger partial charge in [-0.15, -0.1) is 6.58 Å². The van der Waals surface area contributed by atoms with E-state index >= 15 is 0 Å². The second-order valence-corrected chi connectivity index (χ2v) is 14.7. The van der Waals surface area contributed by atoms with E-state index in [9.17, 15) is 13.2 Å². The first kappa shape index (κ1) is 29.1. The molecular weight excluding hydrogens is 539 g/mol. The molecule has 1 unspecified atom stereocenters. The van der Waals surface area contributed by atoms with Crippen LogP contribution < -0.4 is 0 Å². The maximum atomic E-state index is 14.5. The average molecular weight is 578 g/mol. The van der Waals surface area contributed by atoms with Crippen molar-refractivity contribution < 1.29 is 13.2 Å². The van der Waals surface area contributed by atoms with Crippen molar-refractivity contribution in [2.24, 2.45) is 11.3 Å². The normalized spacial score (nSPS) is 25.2. The lowest BCUT2D eigenvalue weighted by molar-refractivity contribution is -0.156. The molecule has 2 aromatic carbocycles. The number of carbonyl (C=O) groups is 1. The van der Waals surface area contributed by atoms with Gasteiger partial charge in [-0.3, -0.25) is 4.79 Å². The molecule has 1 aliphatic carbocycles. The zero-order valence-electron chi connectivity index (χ0n) is 22.6. The van der Waals surface area contributed by atoms with E-state index in [-0.39, 0.29) is 41.6 Å². The summed E-state index contributed by atoms with van der Waals surface area (Å²) in [5, 5.41) is 0.950. The van der Waals surface area contributed by atoms with Crippen LogP contribution in [0.5, 0.6) is 0 Å². The largest absolute Gasteiger partial charge is 0.330 e. The molecule has 1 saturated heterocycles. The summed E-state index contributed by atoms with van der Waals surface area (Å²) >= 11 is 12.7. The Morgan fingerprint density at radius 2 is 1.76 bits per heavy atom. The van der Waals surface area contributed by atoms with E-state index in [0.717, 1.165) is 11.1 Å². The van der Waals surface area contributed by atoms with Gasteiger partial charge in [-0.1, -0.05) is 74.3 Å². The van der Waals surface area contributed by atoms with Crippen LogP contribution in [0.2, 0.25) is 10.0 Å². The van der Waals surface area contributed by atoms with Gasteiger partial charge in [0.25, 0.3) is 0 Å². The second kappa shape index (κ2) is 11.3. The molecule has 2 fully saturated rings. The first-order chi connectivity index (χ1) is 17.9. The number of hydrogen-bond donors (Lipinski definition) is 0. The number of piperidine rings is 1. The number of nitrogens with zero attached hydrogens (tertiary/aromatic N) is 2. The van der Waals surface area contributed by atoms with Crippen LogP contribution >= 0.6 is 23.2 Å². The molecule has 8 heteroatoms. The highest BCUT2D eigenvalue weighted by atomic mass is 35.5. The molecule has 4 atom stereocenters. The molecule has 5 nitrogen and oxygen atoms in total. The third-order valence-electron chi connectivity index (χ3n) is 8.14. The van der Waals surface area contributed by atoms with E-state index in [1.807, 2.05) is 60.4 Å². The standard InChI is InChI=1S/C30H38Cl2N2O3S/c1-6-16-30(4)18-26(22-8-7-9-24(32)17-22)28(21-10-12-23(31)13-11-21)34(29(30)35)27(20(2)3)19-33(5)38(36,37)25-14-15-25/h6-13,17,20,25-28H,1,14-16,18-19H2,2-5H3/t26?,27-,28-,30+/m1/s1. The monoisotopic (exact) mass is 576 g/mol. The molecule has 206 valence electrons. The quantitative estimate of drug-likeness (QED) is 0.284. The Balaban J connectivity index is 1.88. The number of rotatable bonds is 10. The molecule has 2 aromatic rings. The molecule has 0 radical (unpaired) electrons. The Bertz CT molecular complexity index is 1280. The Kier molecular flexibility index (Phi) is 8.68. The third-order valence-corrected chi connectivity index (χ3v) is 11.0. The fraction of sp³-hybridized carbons (Fsp3) is 0.500. The lowest BCUT2D eigenvalue weighted by Crippen LogP contribution is -2.59. The molecule has 38 heavy (non-hydrogen) atoms. The van der Waals surface area contributed by atoms with E-state index in [1.165, 1.54) is 4.31 Å².